The van der Waals surface area contributed by atoms with E-state index in [4.69, 9.17) is 4.98 Å². The van der Waals surface area contributed by atoms with Gasteiger partial charge >= 0.3 is 0 Å². The molecule has 0 fully saturated rings. The van der Waals surface area contributed by atoms with Crippen molar-refractivity contribution in [3.05, 3.63) is 54.1 Å². The Labute approximate surface area is 112 Å². The molecular formula is C16H15NS. The van der Waals surface area contributed by atoms with Crippen molar-refractivity contribution in [3.8, 4) is 0 Å². The van der Waals surface area contributed by atoms with E-state index in [9.17, 15) is 0 Å². The lowest BCUT2D eigenvalue weighted by atomic mass is 9.99. The van der Waals surface area contributed by atoms with E-state index in [0.717, 1.165) is 17.5 Å². The molecule has 0 aliphatic rings. The molecule has 1 aromatic heterocycles. The third kappa shape index (κ3) is 1.97. The summed E-state index contributed by atoms with van der Waals surface area (Å²) in [7, 11) is 0. The van der Waals surface area contributed by atoms with Crippen LogP contribution in [0.5, 0.6) is 0 Å². The molecule has 0 saturated carbocycles. The van der Waals surface area contributed by atoms with E-state index >= 15 is 0 Å². The van der Waals surface area contributed by atoms with Crippen molar-refractivity contribution in [1.29, 1.82) is 0 Å². The van der Waals surface area contributed by atoms with Crippen LogP contribution in [0, 0.1) is 0 Å². The van der Waals surface area contributed by atoms with E-state index in [1.165, 1.54) is 16.3 Å². The van der Waals surface area contributed by atoms with Gasteiger partial charge in [0.2, 0.25) is 0 Å². The summed E-state index contributed by atoms with van der Waals surface area (Å²) < 4.78 is 0. The van der Waals surface area contributed by atoms with Gasteiger partial charge in [-0.1, -0.05) is 43.3 Å². The molecule has 1 nitrogen and oxygen atoms in total. The summed E-state index contributed by atoms with van der Waals surface area (Å²) in [6, 6.07) is 16.7. The molecule has 3 rings (SSSR count). The number of hydrogen-bond donors (Lipinski definition) is 1. The summed E-state index contributed by atoms with van der Waals surface area (Å²) in [5, 5.41) is 2.84. The van der Waals surface area contributed by atoms with Crippen LogP contribution >= 0.6 is 12.6 Å². The molecule has 0 spiro atoms. The number of hydrogen-bond acceptors (Lipinski definition) is 2. The number of fused-ring (bicyclic) bond motifs is 2. The Morgan fingerprint density at radius 1 is 0.944 bits per heavy atom. The van der Waals surface area contributed by atoms with Gasteiger partial charge < -0.3 is 0 Å². The van der Waals surface area contributed by atoms with Crippen molar-refractivity contribution >= 4 is 34.4 Å². The molecule has 0 amide bonds. The maximum Gasteiger partial charge on any atom is 0.0712 e. The van der Waals surface area contributed by atoms with Gasteiger partial charge in [-0.05, 0) is 24.1 Å². The molecule has 1 heterocycles. The fourth-order valence-electron chi connectivity index (χ4n) is 2.44. The van der Waals surface area contributed by atoms with Crippen molar-refractivity contribution in [2.45, 2.75) is 18.6 Å². The third-order valence-corrected chi connectivity index (χ3v) is 3.38. The first-order chi connectivity index (χ1) is 8.75. The molecule has 0 radical (unpaired) electrons. The molecule has 2 aromatic carbocycles. The van der Waals surface area contributed by atoms with Crippen molar-refractivity contribution in [1.82, 2.24) is 4.98 Å². The van der Waals surface area contributed by atoms with Crippen LogP contribution in [0.1, 0.15) is 12.5 Å². The fourth-order valence-corrected chi connectivity index (χ4v) is 2.63. The summed E-state index contributed by atoms with van der Waals surface area (Å²) in [5.41, 5.74) is 3.50. The van der Waals surface area contributed by atoms with Gasteiger partial charge in [-0.3, -0.25) is 0 Å². The topological polar surface area (TPSA) is 12.9 Å². The van der Waals surface area contributed by atoms with Gasteiger partial charge in [0.25, 0.3) is 0 Å². The summed E-state index contributed by atoms with van der Waals surface area (Å²) in [5.74, 6) is 0. The number of aromatic nitrogens is 1. The van der Waals surface area contributed by atoms with Crippen LogP contribution in [0.4, 0.5) is 0 Å². The average Bonchev–Trinajstić information content (AvgIpc) is 2.38. The zero-order valence-electron chi connectivity index (χ0n) is 10.3. The highest BCUT2D eigenvalue weighted by atomic mass is 32.1. The van der Waals surface area contributed by atoms with Gasteiger partial charge in [0.15, 0.2) is 0 Å². The minimum absolute atomic E-state index is 0.346. The van der Waals surface area contributed by atoms with Gasteiger partial charge in [0, 0.05) is 16.0 Å². The number of para-hydroxylation sites is 2. The van der Waals surface area contributed by atoms with Crippen LogP contribution < -0.4 is 0 Å². The maximum absolute atomic E-state index is 4.72. The van der Waals surface area contributed by atoms with Crippen LogP contribution in [-0.4, -0.2) is 10.2 Å². The molecule has 3 aromatic rings. The zero-order valence-corrected chi connectivity index (χ0v) is 11.2. The smallest absolute Gasteiger partial charge is 0.0712 e. The van der Waals surface area contributed by atoms with E-state index in [-0.39, 0.29) is 0 Å². The second-order valence-electron chi connectivity index (χ2n) is 4.68. The number of thiol groups is 1. The predicted molar refractivity (Wildman–Crippen MR) is 81.4 cm³/mol. The largest absolute Gasteiger partial charge is 0.248 e. The second-order valence-corrected chi connectivity index (χ2v) is 5.56. The second kappa shape index (κ2) is 4.62. The number of rotatable bonds is 2. The normalized spacial score (nSPS) is 13.0. The molecule has 0 N–H and O–H groups in total. The SMILES string of the molecule is CC(S)Cc1c2ccccc2nc2ccccc12. The minimum Gasteiger partial charge on any atom is -0.248 e. The van der Waals surface area contributed by atoms with E-state index in [0.29, 0.717) is 5.25 Å². The number of nitrogens with zero attached hydrogens (tertiary/aromatic N) is 1. The van der Waals surface area contributed by atoms with Crippen LogP contribution in [0.3, 0.4) is 0 Å². The van der Waals surface area contributed by atoms with E-state index in [1.54, 1.807) is 0 Å². The Balaban J connectivity index is 2.41. The van der Waals surface area contributed by atoms with Gasteiger partial charge in [-0.15, -0.1) is 0 Å². The van der Waals surface area contributed by atoms with Crippen molar-refractivity contribution in [3.63, 3.8) is 0 Å². The molecule has 90 valence electrons. The highest BCUT2D eigenvalue weighted by molar-refractivity contribution is 7.80. The summed E-state index contributed by atoms with van der Waals surface area (Å²) in [6.45, 7) is 2.13. The molecule has 2 heteroatoms. The number of benzene rings is 2. The lowest BCUT2D eigenvalue weighted by Gasteiger charge is -2.12. The molecule has 1 atom stereocenters. The first-order valence-corrected chi connectivity index (χ1v) is 6.72. The van der Waals surface area contributed by atoms with Crippen molar-refractivity contribution < 1.29 is 0 Å². The molecular weight excluding hydrogens is 238 g/mol. The highest BCUT2D eigenvalue weighted by Crippen LogP contribution is 2.27. The average molecular weight is 253 g/mol. The standard InChI is InChI=1S/C16H15NS/c1-11(18)10-14-12-6-2-4-8-15(12)17-16-9-5-3-7-13(14)16/h2-9,11,18H,10H2,1H3. The maximum atomic E-state index is 4.72. The van der Waals surface area contributed by atoms with E-state index < -0.39 is 0 Å². The van der Waals surface area contributed by atoms with Gasteiger partial charge in [-0.25, -0.2) is 4.98 Å². The molecule has 18 heavy (non-hydrogen) atoms. The highest BCUT2D eigenvalue weighted by Gasteiger charge is 2.09. The lowest BCUT2D eigenvalue weighted by Crippen LogP contribution is -2.00. The Hall–Kier alpha value is -1.54. The van der Waals surface area contributed by atoms with E-state index in [2.05, 4.69) is 56.0 Å². The monoisotopic (exact) mass is 253 g/mol. The van der Waals surface area contributed by atoms with Crippen molar-refractivity contribution in [2.24, 2.45) is 0 Å². The van der Waals surface area contributed by atoms with Crippen LogP contribution in [0.2, 0.25) is 0 Å². The molecule has 1 unspecified atom stereocenters. The molecule has 0 aliphatic heterocycles. The predicted octanol–water partition coefficient (Wildman–Crippen LogP) is 4.25. The molecule has 0 bridgehead atoms. The molecule has 0 aliphatic carbocycles. The Morgan fingerprint density at radius 2 is 1.44 bits per heavy atom. The zero-order chi connectivity index (χ0) is 12.5. The number of pyridine rings is 1. The quantitative estimate of drug-likeness (QED) is 0.532. The van der Waals surface area contributed by atoms with Crippen LogP contribution in [-0.2, 0) is 6.42 Å². The Bertz CT molecular complexity index is 650. The first-order valence-electron chi connectivity index (χ1n) is 6.20. The van der Waals surface area contributed by atoms with Crippen LogP contribution in [0.25, 0.3) is 21.8 Å². The molecule has 0 saturated heterocycles. The van der Waals surface area contributed by atoms with Crippen LogP contribution in [0.15, 0.2) is 48.5 Å². The Morgan fingerprint density at radius 3 is 1.94 bits per heavy atom. The summed E-state index contributed by atoms with van der Waals surface area (Å²) in [4.78, 5) is 4.72. The summed E-state index contributed by atoms with van der Waals surface area (Å²) >= 11 is 4.54. The van der Waals surface area contributed by atoms with Gasteiger partial charge in [0.05, 0.1) is 11.0 Å². The van der Waals surface area contributed by atoms with Crippen molar-refractivity contribution in [2.75, 3.05) is 0 Å². The van der Waals surface area contributed by atoms with Gasteiger partial charge in [-0.2, -0.15) is 12.6 Å². The first kappa shape index (κ1) is 11.5. The Kier molecular flexibility index (Phi) is 2.96. The minimum atomic E-state index is 0.346. The fraction of sp³-hybridized carbons (Fsp3) is 0.188. The summed E-state index contributed by atoms with van der Waals surface area (Å²) in [6.07, 6.45) is 0.965. The lowest BCUT2D eigenvalue weighted by molar-refractivity contribution is 0.966. The van der Waals surface area contributed by atoms with E-state index in [1.807, 2.05) is 12.1 Å². The van der Waals surface area contributed by atoms with Gasteiger partial charge in [0.1, 0.15) is 0 Å². The third-order valence-electron chi connectivity index (χ3n) is 3.20.